The Labute approximate surface area is 173 Å². The molecule has 0 radical (unpaired) electrons. The van der Waals surface area contributed by atoms with Crippen LogP contribution in [-0.2, 0) is 20.7 Å². The summed E-state index contributed by atoms with van der Waals surface area (Å²) in [5.74, 6) is -0.177. The molecular formula is C24H21NO5. The van der Waals surface area contributed by atoms with E-state index in [1.165, 1.54) is 0 Å². The number of rotatable bonds is 7. The minimum Gasteiger partial charge on any atom is -0.494 e. The molecule has 0 unspecified atom stereocenters. The molecule has 0 aliphatic rings. The van der Waals surface area contributed by atoms with Gasteiger partial charge in [0.25, 0.3) is 5.91 Å². The van der Waals surface area contributed by atoms with Crippen LogP contribution in [0.25, 0.3) is 21.7 Å². The van der Waals surface area contributed by atoms with Gasteiger partial charge in [0, 0.05) is 16.6 Å². The molecule has 0 bridgehead atoms. The molecule has 1 aromatic heterocycles. The number of anilines is 1. The Kier molecular flexibility index (Phi) is 5.66. The molecule has 3 aromatic carbocycles. The molecule has 4 aromatic rings. The molecule has 0 atom stereocenters. The van der Waals surface area contributed by atoms with Crippen molar-refractivity contribution in [3.63, 3.8) is 0 Å². The molecule has 6 heteroatoms. The van der Waals surface area contributed by atoms with Gasteiger partial charge in [-0.25, -0.2) is 0 Å². The predicted octanol–water partition coefficient (Wildman–Crippen LogP) is 4.71. The zero-order chi connectivity index (χ0) is 20.9. The minimum absolute atomic E-state index is 0.0251. The van der Waals surface area contributed by atoms with E-state index in [9.17, 15) is 9.59 Å². The number of ether oxygens (including phenoxy) is 2. The van der Waals surface area contributed by atoms with Crippen molar-refractivity contribution in [1.29, 1.82) is 0 Å². The first kappa shape index (κ1) is 19.5. The van der Waals surface area contributed by atoms with Crippen LogP contribution in [0.1, 0.15) is 12.5 Å². The molecular weight excluding hydrogens is 382 g/mol. The zero-order valence-electron chi connectivity index (χ0n) is 16.5. The average Bonchev–Trinajstić information content (AvgIpc) is 3.17. The van der Waals surface area contributed by atoms with E-state index >= 15 is 0 Å². The topological polar surface area (TPSA) is 77.8 Å². The maximum atomic E-state index is 12.3. The van der Waals surface area contributed by atoms with Crippen molar-refractivity contribution < 1.29 is 23.5 Å². The largest absolute Gasteiger partial charge is 0.494 e. The summed E-state index contributed by atoms with van der Waals surface area (Å²) >= 11 is 0. The van der Waals surface area contributed by atoms with E-state index in [0.717, 1.165) is 27.5 Å². The van der Waals surface area contributed by atoms with Crippen molar-refractivity contribution in [3.8, 4) is 5.75 Å². The number of hydrogen-bond donors (Lipinski definition) is 1. The lowest BCUT2D eigenvalue weighted by atomic mass is 10.0. The molecule has 0 aliphatic heterocycles. The molecule has 152 valence electrons. The SMILES string of the molecule is CCOc1ccc(NC(=O)COC(=O)Cc2coc3ccc4ccccc4c23)cc1. The van der Waals surface area contributed by atoms with Crippen LogP contribution in [-0.4, -0.2) is 25.1 Å². The Morgan fingerprint density at radius 3 is 2.60 bits per heavy atom. The maximum Gasteiger partial charge on any atom is 0.310 e. The lowest BCUT2D eigenvalue weighted by molar-refractivity contribution is -0.146. The first-order valence-corrected chi connectivity index (χ1v) is 9.70. The lowest BCUT2D eigenvalue weighted by Crippen LogP contribution is -2.21. The maximum absolute atomic E-state index is 12.3. The third kappa shape index (κ3) is 4.27. The normalized spacial score (nSPS) is 10.8. The smallest absolute Gasteiger partial charge is 0.310 e. The molecule has 30 heavy (non-hydrogen) atoms. The summed E-state index contributed by atoms with van der Waals surface area (Å²) in [4.78, 5) is 24.4. The number of carbonyl (C=O) groups excluding carboxylic acids is 2. The van der Waals surface area contributed by atoms with Crippen molar-refractivity contribution in [1.82, 2.24) is 0 Å². The van der Waals surface area contributed by atoms with Gasteiger partial charge in [0.15, 0.2) is 6.61 Å². The summed E-state index contributed by atoms with van der Waals surface area (Å²) in [7, 11) is 0. The van der Waals surface area contributed by atoms with Gasteiger partial charge in [-0.2, -0.15) is 0 Å². The highest BCUT2D eigenvalue weighted by atomic mass is 16.5. The van der Waals surface area contributed by atoms with E-state index in [1.807, 2.05) is 43.3 Å². The van der Waals surface area contributed by atoms with E-state index in [-0.39, 0.29) is 13.0 Å². The highest BCUT2D eigenvalue weighted by molar-refractivity contribution is 6.08. The van der Waals surface area contributed by atoms with Crippen LogP contribution < -0.4 is 10.1 Å². The average molecular weight is 403 g/mol. The van der Waals surface area contributed by atoms with Crippen LogP contribution in [0, 0.1) is 0 Å². The summed E-state index contributed by atoms with van der Waals surface area (Å²) < 4.78 is 16.1. The van der Waals surface area contributed by atoms with Gasteiger partial charge in [0.2, 0.25) is 0 Å². The van der Waals surface area contributed by atoms with Crippen LogP contribution in [0.4, 0.5) is 5.69 Å². The fourth-order valence-corrected chi connectivity index (χ4v) is 3.36. The lowest BCUT2D eigenvalue weighted by Gasteiger charge is -2.08. The zero-order valence-corrected chi connectivity index (χ0v) is 16.5. The molecule has 0 saturated carbocycles. The van der Waals surface area contributed by atoms with Gasteiger partial charge in [0.05, 0.1) is 19.3 Å². The number of benzene rings is 3. The first-order valence-electron chi connectivity index (χ1n) is 9.70. The highest BCUT2D eigenvalue weighted by Gasteiger charge is 2.15. The van der Waals surface area contributed by atoms with E-state index in [4.69, 9.17) is 13.9 Å². The van der Waals surface area contributed by atoms with Gasteiger partial charge in [0.1, 0.15) is 11.3 Å². The fourth-order valence-electron chi connectivity index (χ4n) is 3.36. The Morgan fingerprint density at radius 1 is 1.00 bits per heavy atom. The number of amides is 1. The Bertz CT molecular complexity index is 1190. The molecule has 1 N–H and O–H groups in total. The van der Waals surface area contributed by atoms with Gasteiger partial charge < -0.3 is 19.2 Å². The van der Waals surface area contributed by atoms with Gasteiger partial charge in [-0.05, 0) is 48.0 Å². The van der Waals surface area contributed by atoms with Crippen molar-refractivity contribution in [2.75, 3.05) is 18.5 Å². The van der Waals surface area contributed by atoms with Crippen molar-refractivity contribution >= 4 is 39.3 Å². The van der Waals surface area contributed by atoms with Gasteiger partial charge in [-0.15, -0.1) is 0 Å². The molecule has 1 heterocycles. The summed E-state index contributed by atoms with van der Waals surface area (Å²) in [5, 5.41) is 5.66. The Hall–Kier alpha value is -3.80. The van der Waals surface area contributed by atoms with Crippen LogP contribution in [0.15, 0.2) is 71.3 Å². The quantitative estimate of drug-likeness (QED) is 0.452. The third-order valence-corrected chi connectivity index (χ3v) is 4.69. The van der Waals surface area contributed by atoms with Gasteiger partial charge in [-0.1, -0.05) is 30.3 Å². The van der Waals surface area contributed by atoms with Crippen molar-refractivity contribution in [3.05, 3.63) is 72.5 Å². The third-order valence-electron chi connectivity index (χ3n) is 4.69. The minimum atomic E-state index is -0.493. The molecule has 0 fully saturated rings. The standard InChI is InChI=1S/C24H21NO5/c1-2-28-19-10-8-18(9-11-19)25-22(26)15-30-23(27)13-17-14-29-21-12-7-16-5-3-4-6-20(16)24(17)21/h3-12,14H,2,13,15H2,1H3,(H,25,26). The molecule has 1 amide bonds. The number of nitrogens with one attached hydrogen (secondary N) is 1. The Balaban J connectivity index is 1.37. The number of furan rings is 1. The molecule has 0 aliphatic carbocycles. The molecule has 0 spiro atoms. The second-order valence-electron chi connectivity index (χ2n) is 6.76. The Morgan fingerprint density at radius 2 is 1.80 bits per heavy atom. The second kappa shape index (κ2) is 8.69. The number of carbonyl (C=O) groups is 2. The molecule has 0 saturated heterocycles. The number of fused-ring (bicyclic) bond motifs is 3. The van der Waals surface area contributed by atoms with Crippen LogP contribution in [0.2, 0.25) is 0 Å². The van der Waals surface area contributed by atoms with Crippen LogP contribution in [0.3, 0.4) is 0 Å². The summed E-state index contributed by atoms with van der Waals surface area (Å²) in [5.41, 5.74) is 2.05. The second-order valence-corrected chi connectivity index (χ2v) is 6.76. The van der Waals surface area contributed by atoms with Gasteiger partial charge in [-0.3, -0.25) is 9.59 Å². The number of esters is 1. The van der Waals surface area contributed by atoms with E-state index in [0.29, 0.717) is 17.9 Å². The summed E-state index contributed by atoms with van der Waals surface area (Å²) in [6.07, 6.45) is 1.59. The van der Waals surface area contributed by atoms with Crippen molar-refractivity contribution in [2.45, 2.75) is 13.3 Å². The monoisotopic (exact) mass is 403 g/mol. The molecule has 6 nitrogen and oxygen atoms in total. The summed E-state index contributed by atoms with van der Waals surface area (Å²) in [6, 6.07) is 18.8. The molecule has 4 rings (SSSR count). The predicted molar refractivity (Wildman–Crippen MR) is 115 cm³/mol. The summed E-state index contributed by atoms with van der Waals surface area (Å²) in [6.45, 7) is 2.12. The highest BCUT2D eigenvalue weighted by Crippen LogP contribution is 2.30. The van der Waals surface area contributed by atoms with E-state index in [1.54, 1.807) is 30.5 Å². The number of hydrogen-bond acceptors (Lipinski definition) is 5. The first-order chi connectivity index (χ1) is 14.6. The van der Waals surface area contributed by atoms with E-state index < -0.39 is 11.9 Å². The van der Waals surface area contributed by atoms with Crippen molar-refractivity contribution in [2.24, 2.45) is 0 Å². The van der Waals surface area contributed by atoms with Crippen LogP contribution >= 0.6 is 0 Å². The fraction of sp³-hybridized carbons (Fsp3) is 0.167. The van der Waals surface area contributed by atoms with Gasteiger partial charge >= 0.3 is 5.97 Å². The van der Waals surface area contributed by atoms with Crippen LogP contribution in [0.5, 0.6) is 5.75 Å². The van der Waals surface area contributed by atoms with E-state index in [2.05, 4.69) is 5.32 Å².